The van der Waals surface area contributed by atoms with E-state index in [1.54, 1.807) is 20.8 Å². The molecule has 36 heavy (non-hydrogen) atoms. The van der Waals surface area contributed by atoms with Crippen LogP contribution in [0.2, 0.25) is 0 Å². The lowest BCUT2D eigenvalue weighted by Gasteiger charge is -2.23. The van der Waals surface area contributed by atoms with Crippen LogP contribution in [0.15, 0.2) is 30.3 Å². The van der Waals surface area contributed by atoms with Gasteiger partial charge >= 0.3 is 12.1 Å². The van der Waals surface area contributed by atoms with Gasteiger partial charge < -0.3 is 24.8 Å². The zero-order chi connectivity index (χ0) is 26.7. The second kappa shape index (κ2) is 18.6. The standard InChI is InChI=1S/C28H46N2O6/c1-5-6-7-8-9-10-11-15-19-34-20-18-29-26(32)24(30-27(33)36-28(2,3)4)21-25(31)35-22-23-16-13-12-14-17-23/h12-14,16-17,24H,5-11,15,18-22H2,1-4H3,(H,29,32)(H,30,33)/t24-/m0/s1. The van der Waals surface area contributed by atoms with Crippen LogP contribution in [-0.2, 0) is 30.4 Å². The van der Waals surface area contributed by atoms with E-state index in [1.807, 2.05) is 30.3 Å². The number of esters is 1. The summed E-state index contributed by atoms with van der Waals surface area (Å²) in [5.74, 6) is -1.09. The molecule has 0 aliphatic carbocycles. The Morgan fingerprint density at radius 2 is 1.53 bits per heavy atom. The van der Waals surface area contributed by atoms with Crippen LogP contribution in [0, 0.1) is 0 Å². The number of unbranched alkanes of at least 4 members (excludes halogenated alkanes) is 7. The topological polar surface area (TPSA) is 103 Å². The summed E-state index contributed by atoms with van der Waals surface area (Å²) in [6, 6.07) is 8.13. The maximum atomic E-state index is 12.7. The fraction of sp³-hybridized carbons (Fsp3) is 0.679. The normalized spacial score (nSPS) is 12.0. The van der Waals surface area contributed by atoms with Crippen molar-refractivity contribution >= 4 is 18.0 Å². The lowest BCUT2D eigenvalue weighted by molar-refractivity contribution is -0.147. The van der Waals surface area contributed by atoms with Gasteiger partial charge in [0.15, 0.2) is 0 Å². The first-order valence-corrected chi connectivity index (χ1v) is 13.3. The number of rotatable bonds is 18. The average molecular weight is 507 g/mol. The summed E-state index contributed by atoms with van der Waals surface area (Å²) in [6.07, 6.45) is 8.77. The van der Waals surface area contributed by atoms with Gasteiger partial charge in [-0.15, -0.1) is 0 Å². The molecule has 2 amide bonds. The number of amides is 2. The summed E-state index contributed by atoms with van der Waals surface area (Å²) < 4.78 is 16.1. The van der Waals surface area contributed by atoms with Gasteiger partial charge in [0.1, 0.15) is 18.2 Å². The first-order valence-electron chi connectivity index (χ1n) is 13.3. The minimum absolute atomic E-state index is 0.0903. The molecule has 1 aromatic rings. The van der Waals surface area contributed by atoms with Crippen LogP contribution in [-0.4, -0.2) is 49.4 Å². The number of hydrogen-bond donors (Lipinski definition) is 2. The molecule has 8 nitrogen and oxygen atoms in total. The Hall–Kier alpha value is -2.61. The molecule has 0 heterocycles. The van der Waals surface area contributed by atoms with E-state index in [-0.39, 0.29) is 19.6 Å². The number of carbonyl (C=O) groups excluding carboxylic acids is 3. The molecule has 1 rings (SSSR count). The lowest BCUT2D eigenvalue weighted by Crippen LogP contribution is -2.49. The molecule has 0 saturated heterocycles. The summed E-state index contributed by atoms with van der Waals surface area (Å²) >= 11 is 0. The Labute approximate surface area is 216 Å². The number of hydrogen-bond acceptors (Lipinski definition) is 6. The molecule has 2 N–H and O–H groups in total. The zero-order valence-corrected chi connectivity index (χ0v) is 22.6. The van der Waals surface area contributed by atoms with Gasteiger partial charge in [-0.25, -0.2) is 4.79 Å². The lowest BCUT2D eigenvalue weighted by atomic mass is 10.1. The molecule has 0 spiro atoms. The van der Waals surface area contributed by atoms with E-state index in [0.29, 0.717) is 13.2 Å². The third-order valence-corrected chi connectivity index (χ3v) is 5.31. The molecule has 0 saturated carbocycles. The second-order valence-corrected chi connectivity index (χ2v) is 9.93. The maximum absolute atomic E-state index is 12.7. The summed E-state index contributed by atoms with van der Waals surface area (Å²) in [5.41, 5.74) is 0.100. The molecular formula is C28H46N2O6. The Balaban J connectivity index is 2.37. The van der Waals surface area contributed by atoms with Gasteiger partial charge in [0, 0.05) is 13.2 Å². The minimum Gasteiger partial charge on any atom is -0.461 e. The smallest absolute Gasteiger partial charge is 0.408 e. The first-order chi connectivity index (χ1) is 17.2. The van der Waals surface area contributed by atoms with Crippen LogP contribution in [0.5, 0.6) is 0 Å². The third kappa shape index (κ3) is 16.9. The average Bonchev–Trinajstić information content (AvgIpc) is 2.82. The first kappa shape index (κ1) is 31.4. The van der Waals surface area contributed by atoms with Crippen molar-refractivity contribution in [2.45, 2.75) is 104 Å². The van der Waals surface area contributed by atoms with Gasteiger partial charge in [-0.3, -0.25) is 9.59 Å². The zero-order valence-electron chi connectivity index (χ0n) is 22.6. The predicted octanol–water partition coefficient (Wildman–Crippen LogP) is 5.29. The van der Waals surface area contributed by atoms with Gasteiger partial charge in [0.2, 0.25) is 5.91 Å². The number of benzene rings is 1. The number of alkyl carbamates (subject to hydrolysis) is 1. The highest BCUT2D eigenvalue weighted by molar-refractivity contribution is 5.89. The Morgan fingerprint density at radius 3 is 2.17 bits per heavy atom. The summed E-state index contributed by atoms with van der Waals surface area (Å²) in [5, 5.41) is 5.20. The van der Waals surface area contributed by atoms with Gasteiger partial charge in [-0.05, 0) is 32.8 Å². The fourth-order valence-corrected chi connectivity index (χ4v) is 3.43. The number of carbonyl (C=O) groups is 3. The predicted molar refractivity (Wildman–Crippen MR) is 140 cm³/mol. The SMILES string of the molecule is CCCCCCCCCCOCCNC(=O)[C@H](CC(=O)OCc1ccccc1)NC(=O)OC(C)(C)C. The van der Waals surface area contributed by atoms with Crippen LogP contribution in [0.3, 0.4) is 0 Å². The molecule has 0 aromatic heterocycles. The van der Waals surface area contributed by atoms with Crippen molar-refractivity contribution in [1.29, 1.82) is 0 Å². The molecule has 0 unspecified atom stereocenters. The van der Waals surface area contributed by atoms with Crippen molar-refractivity contribution in [2.24, 2.45) is 0 Å². The number of ether oxygens (including phenoxy) is 3. The molecule has 0 bridgehead atoms. The minimum atomic E-state index is -1.11. The van der Waals surface area contributed by atoms with Crippen molar-refractivity contribution in [2.75, 3.05) is 19.8 Å². The van der Waals surface area contributed by atoms with Crippen LogP contribution in [0.25, 0.3) is 0 Å². The van der Waals surface area contributed by atoms with E-state index in [0.717, 1.165) is 18.4 Å². The van der Waals surface area contributed by atoms with Crippen LogP contribution < -0.4 is 10.6 Å². The van der Waals surface area contributed by atoms with E-state index in [4.69, 9.17) is 14.2 Å². The van der Waals surface area contributed by atoms with E-state index in [2.05, 4.69) is 17.6 Å². The van der Waals surface area contributed by atoms with Crippen molar-refractivity contribution in [1.82, 2.24) is 10.6 Å². The van der Waals surface area contributed by atoms with Crippen molar-refractivity contribution in [3.63, 3.8) is 0 Å². The molecule has 1 atom stereocenters. The quantitative estimate of drug-likeness (QED) is 0.207. The summed E-state index contributed by atoms with van der Waals surface area (Å²) in [7, 11) is 0. The molecular weight excluding hydrogens is 460 g/mol. The maximum Gasteiger partial charge on any atom is 0.408 e. The van der Waals surface area contributed by atoms with E-state index >= 15 is 0 Å². The highest BCUT2D eigenvalue weighted by Crippen LogP contribution is 2.09. The highest BCUT2D eigenvalue weighted by atomic mass is 16.6. The summed E-state index contributed by atoms with van der Waals surface area (Å²) in [4.78, 5) is 37.3. The van der Waals surface area contributed by atoms with Crippen LogP contribution in [0.1, 0.15) is 91.0 Å². The molecule has 0 radical (unpaired) electrons. The molecule has 0 fully saturated rings. The third-order valence-electron chi connectivity index (χ3n) is 5.31. The largest absolute Gasteiger partial charge is 0.461 e. The van der Waals surface area contributed by atoms with Gasteiger partial charge in [0.25, 0.3) is 0 Å². The van der Waals surface area contributed by atoms with Crippen LogP contribution >= 0.6 is 0 Å². The van der Waals surface area contributed by atoms with Gasteiger partial charge in [0.05, 0.1) is 13.0 Å². The molecule has 0 aliphatic heterocycles. The number of nitrogens with one attached hydrogen (secondary N) is 2. The Kier molecular flexibility index (Phi) is 16.3. The van der Waals surface area contributed by atoms with E-state index < -0.39 is 29.6 Å². The van der Waals surface area contributed by atoms with Gasteiger partial charge in [-0.1, -0.05) is 82.2 Å². The van der Waals surface area contributed by atoms with E-state index in [9.17, 15) is 14.4 Å². The summed E-state index contributed by atoms with van der Waals surface area (Å²) in [6.45, 7) is 8.77. The molecule has 1 aromatic carbocycles. The molecule has 204 valence electrons. The Bertz CT molecular complexity index is 748. The van der Waals surface area contributed by atoms with Crippen molar-refractivity contribution < 1.29 is 28.6 Å². The second-order valence-electron chi connectivity index (χ2n) is 9.93. The van der Waals surface area contributed by atoms with Crippen LogP contribution in [0.4, 0.5) is 4.79 Å². The Morgan fingerprint density at radius 1 is 0.889 bits per heavy atom. The molecule has 0 aliphatic rings. The molecule has 8 heteroatoms. The monoisotopic (exact) mass is 506 g/mol. The van der Waals surface area contributed by atoms with E-state index in [1.165, 1.54) is 38.5 Å². The fourth-order valence-electron chi connectivity index (χ4n) is 3.43. The van der Waals surface area contributed by atoms with Crippen molar-refractivity contribution in [3.8, 4) is 0 Å². The highest BCUT2D eigenvalue weighted by Gasteiger charge is 2.27. The van der Waals surface area contributed by atoms with Crippen molar-refractivity contribution in [3.05, 3.63) is 35.9 Å². The van der Waals surface area contributed by atoms with Gasteiger partial charge in [-0.2, -0.15) is 0 Å².